The highest BCUT2D eigenvalue weighted by atomic mass is 16.5. The summed E-state index contributed by atoms with van der Waals surface area (Å²) in [6.07, 6.45) is 0.691. The van der Waals surface area contributed by atoms with Gasteiger partial charge >= 0.3 is 0 Å². The number of rotatable bonds is 3. The van der Waals surface area contributed by atoms with Gasteiger partial charge in [-0.2, -0.15) is 0 Å². The lowest BCUT2D eigenvalue weighted by Crippen LogP contribution is -2.17. The Bertz CT molecular complexity index is 220. The number of nitrogens with two attached hydrogens (primary N) is 1. The van der Waals surface area contributed by atoms with E-state index in [0.29, 0.717) is 12.3 Å². The molecule has 4 heteroatoms. The molecule has 0 unspecified atom stereocenters. The molecule has 11 heavy (non-hydrogen) atoms. The van der Waals surface area contributed by atoms with E-state index in [4.69, 9.17) is 15.0 Å². The van der Waals surface area contributed by atoms with E-state index in [9.17, 15) is 0 Å². The largest absolute Gasteiger partial charge is 0.479 e. The predicted octanol–water partition coefficient (Wildman–Crippen LogP) is 0.573. The molecule has 0 aliphatic carbocycles. The molecule has 4 nitrogen and oxygen atoms in total. The highest BCUT2D eigenvalue weighted by molar-refractivity contribution is 5.11. The lowest BCUT2D eigenvalue weighted by molar-refractivity contribution is 0.324. The summed E-state index contributed by atoms with van der Waals surface area (Å²) in [6.45, 7) is 1.91. The van der Waals surface area contributed by atoms with Crippen LogP contribution in [0.3, 0.4) is 0 Å². The molecule has 0 saturated carbocycles. The van der Waals surface area contributed by atoms with Crippen LogP contribution < -0.4 is 10.5 Å². The van der Waals surface area contributed by atoms with Gasteiger partial charge in [0.25, 0.3) is 5.88 Å². The van der Waals surface area contributed by atoms with Gasteiger partial charge in [0, 0.05) is 18.5 Å². The van der Waals surface area contributed by atoms with E-state index < -0.39 is 0 Å². The van der Waals surface area contributed by atoms with Crippen LogP contribution in [-0.2, 0) is 6.42 Å². The molecular weight excluding hydrogens is 144 g/mol. The number of hydrogen-bond acceptors (Lipinski definition) is 4. The molecule has 0 amide bonds. The molecule has 2 N–H and O–H groups in total. The normalized spacial score (nSPS) is 13.0. The number of hydrogen-bond donors (Lipinski definition) is 1. The van der Waals surface area contributed by atoms with Crippen LogP contribution in [0.5, 0.6) is 5.88 Å². The second-order valence-electron chi connectivity index (χ2n) is 2.52. The smallest absolute Gasteiger partial charge is 0.254 e. The van der Waals surface area contributed by atoms with Crippen LogP contribution in [0.2, 0.25) is 0 Å². The van der Waals surface area contributed by atoms with Crippen molar-refractivity contribution in [3.8, 4) is 5.88 Å². The quantitative estimate of drug-likeness (QED) is 0.695. The van der Waals surface area contributed by atoms with Crippen molar-refractivity contribution in [1.29, 1.82) is 0 Å². The lowest BCUT2D eigenvalue weighted by atomic mass is 10.2. The van der Waals surface area contributed by atoms with Crippen molar-refractivity contribution in [3.05, 3.63) is 11.8 Å². The van der Waals surface area contributed by atoms with Crippen molar-refractivity contribution in [1.82, 2.24) is 5.16 Å². The maximum absolute atomic E-state index is 5.55. The fraction of sp³-hybridized carbons (Fsp3) is 0.571. The minimum Gasteiger partial charge on any atom is -0.479 e. The van der Waals surface area contributed by atoms with Crippen molar-refractivity contribution < 1.29 is 9.26 Å². The van der Waals surface area contributed by atoms with E-state index in [-0.39, 0.29) is 6.04 Å². The minimum absolute atomic E-state index is 0.0904. The summed E-state index contributed by atoms with van der Waals surface area (Å²) in [4.78, 5) is 0. The Balaban J connectivity index is 2.58. The van der Waals surface area contributed by atoms with Crippen LogP contribution in [0.4, 0.5) is 0 Å². The average Bonchev–Trinajstić information content (AvgIpc) is 2.34. The van der Waals surface area contributed by atoms with Gasteiger partial charge < -0.3 is 15.0 Å². The molecule has 0 aliphatic heterocycles. The molecule has 0 aromatic carbocycles. The standard InChI is InChI=1S/C7H12N2O2/c1-5(8)3-6-4-7(10-2)9-11-6/h4-5H,3,8H2,1-2H3/t5-/m0/s1. The molecule has 0 aliphatic rings. The van der Waals surface area contributed by atoms with Gasteiger partial charge in [0.1, 0.15) is 5.76 Å². The molecule has 62 valence electrons. The van der Waals surface area contributed by atoms with Gasteiger partial charge in [-0.05, 0) is 12.1 Å². The highest BCUT2D eigenvalue weighted by Gasteiger charge is 2.05. The predicted molar refractivity (Wildman–Crippen MR) is 40.4 cm³/mol. The maximum Gasteiger partial charge on any atom is 0.254 e. The summed E-state index contributed by atoms with van der Waals surface area (Å²) in [6, 6.07) is 1.83. The van der Waals surface area contributed by atoms with Gasteiger partial charge in [-0.1, -0.05) is 0 Å². The first-order valence-electron chi connectivity index (χ1n) is 3.47. The van der Waals surface area contributed by atoms with Gasteiger partial charge in [0.2, 0.25) is 0 Å². The Morgan fingerprint density at radius 3 is 3.00 bits per heavy atom. The topological polar surface area (TPSA) is 61.3 Å². The zero-order chi connectivity index (χ0) is 8.27. The molecule has 1 heterocycles. The summed E-state index contributed by atoms with van der Waals surface area (Å²) in [7, 11) is 1.55. The van der Waals surface area contributed by atoms with E-state index >= 15 is 0 Å². The molecule has 0 radical (unpaired) electrons. The molecule has 0 saturated heterocycles. The summed E-state index contributed by atoms with van der Waals surface area (Å²) >= 11 is 0. The Morgan fingerprint density at radius 1 is 1.82 bits per heavy atom. The van der Waals surface area contributed by atoms with Gasteiger partial charge in [-0.25, -0.2) is 0 Å². The van der Waals surface area contributed by atoms with Gasteiger partial charge in [-0.15, -0.1) is 0 Å². The van der Waals surface area contributed by atoms with Crippen molar-refractivity contribution >= 4 is 0 Å². The molecule has 1 aromatic heterocycles. The van der Waals surface area contributed by atoms with Crippen LogP contribution in [0, 0.1) is 0 Å². The summed E-state index contributed by atoms with van der Waals surface area (Å²) in [5, 5.41) is 3.63. The number of ether oxygens (including phenoxy) is 1. The van der Waals surface area contributed by atoms with Crippen LogP contribution in [-0.4, -0.2) is 18.3 Å². The summed E-state index contributed by atoms with van der Waals surface area (Å²) in [5.74, 6) is 1.26. The molecule has 1 aromatic rings. The van der Waals surface area contributed by atoms with Crippen LogP contribution >= 0.6 is 0 Å². The zero-order valence-electron chi connectivity index (χ0n) is 6.70. The summed E-state index contributed by atoms with van der Waals surface area (Å²) in [5.41, 5.74) is 5.55. The van der Waals surface area contributed by atoms with Crippen molar-refractivity contribution in [2.24, 2.45) is 5.73 Å². The zero-order valence-corrected chi connectivity index (χ0v) is 6.70. The van der Waals surface area contributed by atoms with Crippen LogP contribution in [0.1, 0.15) is 12.7 Å². The Labute approximate surface area is 65.3 Å². The summed E-state index contributed by atoms with van der Waals surface area (Å²) < 4.78 is 9.74. The van der Waals surface area contributed by atoms with Crippen molar-refractivity contribution in [3.63, 3.8) is 0 Å². The first-order chi connectivity index (χ1) is 5.22. The fourth-order valence-electron chi connectivity index (χ4n) is 0.804. The Hall–Kier alpha value is -1.03. The molecule has 1 atom stereocenters. The number of nitrogens with zero attached hydrogens (tertiary/aromatic N) is 1. The van der Waals surface area contributed by atoms with Gasteiger partial charge in [0.15, 0.2) is 0 Å². The third-order valence-corrected chi connectivity index (χ3v) is 1.27. The Morgan fingerprint density at radius 2 is 2.55 bits per heavy atom. The number of methoxy groups -OCH3 is 1. The minimum atomic E-state index is 0.0904. The second kappa shape index (κ2) is 3.39. The number of aromatic nitrogens is 1. The monoisotopic (exact) mass is 156 g/mol. The van der Waals surface area contributed by atoms with E-state index in [0.717, 1.165) is 5.76 Å². The SMILES string of the molecule is COc1cc(C[C@H](C)N)on1. The molecular formula is C7H12N2O2. The van der Waals surface area contributed by atoms with E-state index in [2.05, 4.69) is 5.16 Å². The van der Waals surface area contributed by atoms with E-state index in [1.807, 2.05) is 6.92 Å². The Kier molecular flexibility index (Phi) is 2.48. The lowest BCUT2D eigenvalue weighted by Gasteiger charge is -1.97. The van der Waals surface area contributed by atoms with E-state index in [1.165, 1.54) is 0 Å². The van der Waals surface area contributed by atoms with Crippen LogP contribution in [0.15, 0.2) is 10.6 Å². The van der Waals surface area contributed by atoms with E-state index in [1.54, 1.807) is 13.2 Å². The average molecular weight is 156 g/mol. The van der Waals surface area contributed by atoms with Crippen LogP contribution in [0.25, 0.3) is 0 Å². The van der Waals surface area contributed by atoms with Crippen molar-refractivity contribution in [2.45, 2.75) is 19.4 Å². The molecule has 1 rings (SSSR count). The third-order valence-electron chi connectivity index (χ3n) is 1.27. The highest BCUT2D eigenvalue weighted by Crippen LogP contribution is 2.11. The van der Waals surface area contributed by atoms with Gasteiger partial charge in [-0.3, -0.25) is 0 Å². The molecule has 0 bridgehead atoms. The first-order valence-corrected chi connectivity index (χ1v) is 3.47. The van der Waals surface area contributed by atoms with Crippen molar-refractivity contribution in [2.75, 3.05) is 7.11 Å². The molecule has 0 fully saturated rings. The fourth-order valence-corrected chi connectivity index (χ4v) is 0.804. The van der Waals surface area contributed by atoms with Gasteiger partial charge in [0.05, 0.1) is 7.11 Å². The second-order valence-corrected chi connectivity index (χ2v) is 2.52. The third kappa shape index (κ3) is 2.23. The first kappa shape index (κ1) is 8.07. The molecule has 0 spiro atoms. The maximum atomic E-state index is 5.55.